The van der Waals surface area contributed by atoms with E-state index in [1.165, 1.54) is 24.3 Å². The molecule has 2 amide bonds. The third kappa shape index (κ3) is 4.30. The average Bonchev–Trinajstić information content (AvgIpc) is 2.96. The van der Waals surface area contributed by atoms with Crippen molar-refractivity contribution in [1.29, 1.82) is 0 Å². The SMILES string of the molecule is CCOCCOC(=O)c1ccc(N2C(=O)C(Cl)=C(c3ccc(C)c(C)c3)C2=O)cc1. The van der Waals surface area contributed by atoms with Crippen LogP contribution in [0.5, 0.6) is 0 Å². The van der Waals surface area contributed by atoms with Gasteiger partial charge in [-0.15, -0.1) is 0 Å². The molecule has 2 aromatic rings. The van der Waals surface area contributed by atoms with E-state index in [-0.39, 0.29) is 17.2 Å². The summed E-state index contributed by atoms with van der Waals surface area (Å²) in [6, 6.07) is 11.5. The van der Waals surface area contributed by atoms with Gasteiger partial charge in [-0.1, -0.05) is 29.8 Å². The molecule has 0 N–H and O–H groups in total. The van der Waals surface area contributed by atoms with Crippen LogP contribution in [0.25, 0.3) is 5.57 Å². The van der Waals surface area contributed by atoms with E-state index in [1.54, 1.807) is 6.07 Å². The zero-order valence-corrected chi connectivity index (χ0v) is 17.8. The Morgan fingerprint density at radius 2 is 1.67 bits per heavy atom. The number of rotatable bonds is 7. The van der Waals surface area contributed by atoms with Gasteiger partial charge >= 0.3 is 5.97 Å². The van der Waals surface area contributed by atoms with Gasteiger partial charge in [-0.05, 0) is 61.7 Å². The van der Waals surface area contributed by atoms with Crippen molar-refractivity contribution in [3.05, 3.63) is 69.8 Å². The van der Waals surface area contributed by atoms with Crippen LogP contribution in [0.2, 0.25) is 0 Å². The number of carbonyl (C=O) groups is 3. The van der Waals surface area contributed by atoms with Gasteiger partial charge in [0.2, 0.25) is 0 Å². The molecule has 2 aromatic carbocycles. The van der Waals surface area contributed by atoms with E-state index in [0.717, 1.165) is 16.0 Å². The number of hydrogen-bond donors (Lipinski definition) is 0. The molecule has 7 heteroatoms. The lowest BCUT2D eigenvalue weighted by atomic mass is 10.0. The number of ether oxygens (including phenoxy) is 2. The van der Waals surface area contributed by atoms with Gasteiger partial charge in [-0.3, -0.25) is 9.59 Å². The van der Waals surface area contributed by atoms with Crippen LogP contribution < -0.4 is 4.90 Å². The van der Waals surface area contributed by atoms with Gasteiger partial charge in [0.1, 0.15) is 11.6 Å². The molecule has 0 unspecified atom stereocenters. The second kappa shape index (κ2) is 9.24. The lowest BCUT2D eigenvalue weighted by Gasteiger charge is -2.15. The summed E-state index contributed by atoms with van der Waals surface area (Å²) in [5.74, 6) is -1.60. The summed E-state index contributed by atoms with van der Waals surface area (Å²) in [7, 11) is 0. The lowest BCUT2D eigenvalue weighted by Crippen LogP contribution is -2.31. The number of hydrogen-bond acceptors (Lipinski definition) is 5. The number of nitrogens with zero attached hydrogens (tertiary/aromatic N) is 1. The zero-order valence-electron chi connectivity index (χ0n) is 17.0. The number of aryl methyl sites for hydroxylation is 2. The molecule has 1 heterocycles. The molecule has 1 aliphatic rings. The first-order chi connectivity index (χ1) is 14.3. The van der Waals surface area contributed by atoms with E-state index in [1.807, 2.05) is 32.9 Å². The molecule has 156 valence electrons. The molecule has 0 spiro atoms. The maximum atomic E-state index is 13.0. The Bertz CT molecular complexity index is 1030. The van der Waals surface area contributed by atoms with Gasteiger partial charge in [-0.2, -0.15) is 0 Å². The average molecular weight is 428 g/mol. The van der Waals surface area contributed by atoms with Crippen molar-refractivity contribution in [2.75, 3.05) is 24.7 Å². The lowest BCUT2D eigenvalue weighted by molar-refractivity contribution is -0.119. The highest BCUT2D eigenvalue weighted by atomic mass is 35.5. The van der Waals surface area contributed by atoms with E-state index in [2.05, 4.69) is 0 Å². The number of esters is 1. The van der Waals surface area contributed by atoms with Gasteiger partial charge in [-0.25, -0.2) is 9.69 Å². The number of amides is 2. The number of benzene rings is 2. The van der Waals surface area contributed by atoms with Crippen LogP contribution in [0.15, 0.2) is 47.5 Å². The zero-order chi connectivity index (χ0) is 21.8. The Kier molecular flexibility index (Phi) is 6.70. The Labute approximate surface area is 180 Å². The number of carbonyl (C=O) groups excluding carboxylic acids is 3. The molecule has 0 atom stereocenters. The maximum absolute atomic E-state index is 13.0. The smallest absolute Gasteiger partial charge is 0.338 e. The molecule has 1 aliphatic heterocycles. The molecule has 6 nitrogen and oxygen atoms in total. The Morgan fingerprint density at radius 3 is 2.30 bits per heavy atom. The molecule has 3 rings (SSSR count). The van der Waals surface area contributed by atoms with Crippen LogP contribution in [0.4, 0.5) is 5.69 Å². The molecule has 0 aromatic heterocycles. The van der Waals surface area contributed by atoms with Gasteiger partial charge in [0.25, 0.3) is 11.8 Å². The summed E-state index contributed by atoms with van der Waals surface area (Å²) in [6.45, 7) is 6.77. The Balaban J connectivity index is 1.78. The van der Waals surface area contributed by atoms with Crippen molar-refractivity contribution >= 4 is 40.6 Å². The molecule has 0 saturated carbocycles. The van der Waals surface area contributed by atoms with Gasteiger partial charge in [0.15, 0.2) is 0 Å². The highest BCUT2D eigenvalue weighted by Crippen LogP contribution is 2.35. The van der Waals surface area contributed by atoms with Crippen molar-refractivity contribution in [2.45, 2.75) is 20.8 Å². The second-order valence-corrected chi connectivity index (χ2v) is 7.19. The molecular formula is C23H22ClNO5. The predicted octanol–water partition coefficient (Wildman–Crippen LogP) is 4.02. The summed E-state index contributed by atoms with van der Waals surface area (Å²) in [5.41, 5.74) is 3.47. The van der Waals surface area contributed by atoms with Crippen LogP contribution in [0, 0.1) is 13.8 Å². The second-order valence-electron chi connectivity index (χ2n) is 6.81. The summed E-state index contributed by atoms with van der Waals surface area (Å²) < 4.78 is 10.2. The summed E-state index contributed by atoms with van der Waals surface area (Å²) in [4.78, 5) is 38.8. The van der Waals surface area contributed by atoms with E-state index < -0.39 is 17.8 Å². The fourth-order valence-corrected chi connectivity index (χ4v) is 3.33. The largest absolute Gasteiger partial charge is 0.460 e. The third-order valence-corrected chi connectivity index (χ3v) is 5.20. The molecule has 0 bridgehead atoms. The normalized spacial score (nSPS) is 13.9. The summed E-state index contributed by atoms with van der Waals surface area (Å²) in [5, 5.41) is -0.123. The van der Waals surface area contributed by atoms with Crippen LogP contribution in [-0.2, 0) is 19.1 Å². The minimum absolute atomic E-state index is 0.123. The van der Waals surface area contributed by atoms with Crippen LogP contribution in [0.1, 0.15) is 34.0 Å². The maximum Gasteiger partial charge on any atom is 0.338 e. The van der Waals surface area contributed by atoms with Crippen molar-refractivity contribution < 1.29 is 23.9 Å². The standard InChI is InChI=1S/C23H22ClNO5/c1-4-29-11-12-30-23(28)16-7-9-18(10-8-16)25-21(26)19(20(24)22(25)27)17-6-5-14(2)15(3)13-17/h5-10,13H,4,11-12H2,1-3H3. The van der Waals surface area contributed by atoms with Crippen molar-refractivity contribution in [1.82, 2.24) is 0 Å². The molecule has 0 saturated heterocycles. The Hall–Kier alpha value is -2.96. The van der Waals surface area contributed by atoms with Crippen molar-refractivity contribution in [3.63, 3.8) is 0 Å². The number of halogens is 1. The first-order valence-electron chi connectivity index (χ1n) is 9.56. The summed E-state index contributed by atoms with van der Waals surface area (Å²) in [6.07, 6.45) is 0. The minimum Gasteiger partial charge on any atom is -0.460 e. The van der Waals surface area contributed by atoms with Gasteiger partial charge in [0.05, 0.1) is 23.4 Å². The van der Waals surface area contributed by atoms with Crippen LogP contribution in [-0.4, -0.2) is 37.6 Å². The first kappa shape index (κ1) is 21.7. The van der Waals surface area contributed by atoms with E-state index in [4.69, 9.17) is 21.1 Å². The van der Waals surface area contributed by atoms with E-state index >= 15 is 0 Å². The molecule has 0 aliphatic carbocycles. The van der Waals surface area contributed by atoms with Gasteiger partial charge in [0, 0.05) is 6.61 Å². The van der Waals surface area contributed by atoms with Crippen molar-refractivity contribution in [3.8, 4) is 0 Å². The predicted molar refractivity (Wildman–Crippen MR) is 114 cm³/mol. The monoisotopic (exact) mass is 427 g/mol. The van der Waals surface area contributed by atoms with E-state index in [0.29, 0.717) is 30.0 Å². The quantitative estimate of drug-likeness (QED) is 0.379. The number of imide groups is 1. The highest BCUT2D eigenvalue weighted by Gasteiger charge is 2.39. The van der Waals surface area contributed by atoms with Crippen molar-refractivity contribution in [2.24, 2.45) is 0 Å². The molecule has 0 radical (unpaired) electrons. The fraction of sp³-hybridized carbons (Fsp3) is 0.261. The minimum atomic E-state index is -0.595. The molecule has 0 fully saturated rings. The molecule has 30 heavy (non-hydrogen) atoms. The van der Waals surface area contributed by atoms with Gasteiger partial charge < -0.3 is 9.47 Å². The first-order valence-corrected chi connectivity index (χ1v) is 9.94. The highest BCUT2D eigenvalue weighted by molar-refractivity contribution is 6.60. The number of anilines is 1. The topological polar surface area (TPSA) is 72.9 Å². The summed E-state index contributed by atoms with van der Waals surface area (Å²) >= 11 is 6.24. The molecular weight excluding hydrogens is 406 g/mol. The third-order valence-electron chi connectivity index (χ3n) is 4.85. The Morgan fingerprint density at radius 1 is 0.967 bits per heavy atom. The van der Waals surface area contributed by atoms with Crippen LogP contribution >= 0.6 is 11.6 Å². The van der Waals surface area contributed by atoms with E-state index in [9.17, 15) is 14.4 Å². The van der Waals surface area contributed by atoms with Crippen LogP contribution in [0.3, 0.4) is 0 Å². The fourth-order valence-electron chi connectivity index (χ4n) is 3.05.